The van der Waals surface area contributed by atoms with Gasteiger partial charge in [-0.2, -0.15) is 0 Å². The SMILES string of the molecule is CNc1ccc(N(C)C)cc1.COC/C=C/c1nc(C2CCCN(C=O)C2)n2ccccc12. The molecule has 0 aliphatic carbocycles. The van der Waals surface area contributed by atoms with Gasteiger partial charge in [-0.1, -0.05) is 12.1 Å². The number of amides is 1. The van der Waals surface area contributed by atoms with E-state index >= 15 is 0 Å². The minimum absolute atomic E-state index is 0.290. The van der Waals surface area contributed by atoms with Crippen LogP contribution in [-0.4, -0.2) is 68.6 Å². The molecule has 7 heteroatoms. The third kappa shape index (κ3) is 6.35. The number of piperidine rings is 1. The summed E-state index contributed by atoms with van der Waals surface area (Å²) in [5.41, 5.74) is 4.42. The highest BCUT2D eigenvalue weighted by atomic mass is 16.5. The van der Waals surface area contributed by atoms with Gasteiger partial charge in [0, 0.05) is 64.8 Å². The van der Waals surface area contributed by atoms with E-state index in [1.807, 2.05) is 56.5 Å². The molecule has 1 amide bonds. The lowest BCUT2D eigenvalue weighted by Crippen LogP contribution is -2.33. The minimum atomic E-state index is 0.290. The smallest absolute Gasteiger partial charge is 0.209 e. The Labute approximate surface area is 196 Å². The second-order valence-electron chi connectivity index (χ2n) is 8.30. The lowest BCUT2D eigenvalue weighted by Gasteiger charge is -2.29. The topological polar surface area (TPSA) is 62.1 Å². The highest BCUT2D eigenvalue weighted by molar-refractivity contribution is 5.67. The van der Waals surface area contributed by atoms with Gasteiger partial charge < -0.3 is 24.3 Å². The maximum absolute atomic E-state index is 11.1. The van der Waals surface area contributed by atoms with Crippen molar-refractivity contribution in [1.82, 2.24) is 14.3 Å². The van der Waals surface area contributed by atoms with Gasteiger partial charge in [-0.15, -0.1) is 0 Å². The fourth-order valence-electron chi connectivity index (χ4n) is 3.99. The molecule has 0 radical (unpaired) electrons. The van der Waals surface area contributed by atoms with E-state index in [-0.39, 0.29) is 0 Å². The predicted molar refractivity (Wildman–Crippen MR) is 136 cm³/mol. The Bertz CT molecular complexity index is 1040. The number of hydrogen-bond donors (Lipinski definition) is 1. The number of aromatic nitrogens is 2. The molecule has 3 aromatic rings. The fourth-order valence-corrected chi connectivity index (χ4v) is 3.99. The first-order valence-corrected chi connectivity index (χ1v) is 11.3. The van der Waals surface area contributed by atoms with Gasteiger partial charge in [0.1, 0.15) is 5.82 Å². The Balaban J connectivity index is 0.000000235. The number of rotatable bonds is 7. The molecule has 0 bridgehead atoms. The number of pyridine rings is 1. The van der Waals surface area contributed by atoms with E-state index in [0.717, 1.165) is 55.1 Å². The Hall–Kier alpha value is -3.32. The van der Waals surface area contributed by atoms with Crippen molar-refractivity contribution in [2.24, 2.45) is 0 Å². The average molecular weight is 450 g/mol. The number of carbonyl (C=O) groups is 1. The van der Waals surface area contributed by atoms with E-state index in [2.05, 4.69) is 44.9 Å². The molecule has 1 N–H and O–H groups in total. The van der Waals surface area contributed by atoms with Crippen LogP contribution >= 0.6 is 0 Å². The largest absolute Gasteiger partial charge is 0.388 e. The van der Waals surface area contributed by atoms with Gasteiger partial charge in [-0.25, -0.2) is 4.98 Å². The molecule has 1 saturated heterocycles. The number of anilines is 2. The maximum atomic E-state index is 11.1. The number of benzene rings is 1. The number of carbonyl (C=O) groups excluding carboxylic acids is 1. The second kappa shape index (κ2) is 12.1. The number of likely N-dealkylation sites (tertiary alicyclic amines) is 1. The summed E-state index contributed by atoms with van der Waals surface area (Å²) in [5, 5.41) is 3.07. The normalized spacial score (nSPS) is 15.9. The highest BCUT2D eigenvalue weighted by Crippen LogP contribution is 2.28. The molecule has 1 atom stereocenters. The van der Waals surface area contributed by atoms with Crippen molar-refractivity contribution >= 4 is 29.4 Å². The van der Waals surface area contributed by atoms with Gasteiger partial charge in [0.15, 0.2) is 0 Å². The Kier molecular flexibility index (Phi) is 8.89. The predicted octanol–water partition coefficient (Wildman–Crippen LogP) is 4.12. The molecule has 4 rings (SSSR count). The number of ether oxygens (including phenoxy) is 1. The van der Waals surface area contributed by atoms with E-state index in [1.165, 1.54) is 5.69 Å². The molecular formula is C26H35N5O2. The Morgan fingerprint density at radius 1 is 1.21 bits per heavy atom. The first-order valence-electron chi connectivity index (χ1n) is 11.3. The maximum Gasteiger partial charge on any atom is 0.209 e. The zero-order chi connectivity index (χ0) is 23.6. The van der Waals surface area contributed by atoms with E-state index in [4.69, 9.17) is 9.72 Å². The van der Waals surface area contributed by atoms with Crippen LogP contribution in [0, 0.1) is 0 Å². The molecule has 1 aliphatic heterocycles. The molecule has 2 aromatic heterocycles. The number of methoxy groups -OCH3 is 1. The number of imidazole rings is 1. The summed E-state index contributed by atoms with van der Waals surface area (Å²) in [5.74, 6) is 1.33. The molecule has 7 nitrogen and oxygen atoms in total. The van der Waals surface area contributed by atoms with Crippen molar-refractivity contribution in [2.75, 3.05) is 58.2 Å². The fraction of sp³-hybridized carbons (Fsp3) is 0.385. The molecule has 0 spiro atoms. The van der Waals surface area contributed by atoms with Gasteiger partial charge in [0.25, 0.3) is 0 Å². The molecule has 1 aliphatic rings. The molecule has 176 valence electrons. The van der Waals surface area contributed by atoms with Crippen LogP contribution in [0.2, 0.25) is 0 Å². The highest BCUT2D eigenvalue weighted by Gasteiger charge is 2.24. The summed E-state index contributed by atoms with van der Waals surface area (Å²) in [6.07, 6.45) is 9.06. The van der Waals surface area contributed by atoms with Crippen molar-refractivity contribution in [2.45, 2.75) is 18.8 Å². The summed E-state index contributed by atoms with van der Waals surface area (Å²) in [6.45, 7) is 2.17. The van der Waals surface area contributed by atoms with E-state index in [1.54, 1.807) is 7.11 Å². The van der Waals surface area contributed by atoms with Gasteiger partial charge >= 0.3 is 0 Å². The third-order valence-electron chi connectivity index (χ3n) is 5.78. The first-order chi connectivity index (χ1) is 16.1. The van der Waals surface area contributed by atoms with Crippen molar-refractivity contribution in [3.8, 4) is 0 Å². The molecular weight excluding hydrogens is 414 g/mol. The zero-order valence-electron chi connectivity index (χ0n) is 20.1. The second-order valence-corrected chi connectivity index (χ2v) is 8.30. The van der Waals surface area contributed by atoms with Gasteiger partial charge in [0.05, 0.1) is 17.8 Å². The molecule has 3 heterocycles. The van der Waals surface area contributed by atoms with Crippen LogP contribution in [0.25, 0.3) is 11.6 Å². The summed E-state index contributed by atoms with van der Waals surface area (Å²) >= 11 is 0. The van der Waals surface area contributed by atoms with Gasteiger partial charge in [-0.05, 0) is 55.3 Å². The van der Waals surface area contributed by atoms with Crippen molar-refractivity contribution in [3.05, 3.63) is 66.3 Å². The quantitative estimate of drug-likeness (QED) is 0.550. The average Bonchev–Trinajstić information content (AvgIpc) is 3.23. The Morgan fingerprint density at radius 3 is 2.67 bits per heavy atom. The minimum Gasteiger partial charge on any atom is -0.388 e. The zero-order valence-corrected chi connectivity index (χ0v) is 20.1. The third-order valence-corrected chi connectivity index (χ3v) is 5.78. The van der Waals surface area contributed by atoms with Crippen molar-refractivity contribution in [1.29, 1.82) is 0 Å². The van der Waals surface area contributed by atoms with Gasteiger partial charge in [-0.3, -0.25) is 4.79 Å². The van der Waals surface area contributed by atoms with E-state index in [9.17, 15) is 4.79 Å². The summed E-state index contributed by atoms with van der Waals surface area (Å²) < 4.78 is 7.20. The van der Waals surface area contributed by atoms with Crippen LogP contribution in [0.3, 0.4) is 0 Å². The first kappa shape index (κ1) is 24.3. The van der Waals surface area contributed by atoms with Crippen LogP contribution in [-0.2, 0) is 9.53 Å². The van der Waals surface area contributed by atoms with E-state index < -0.39 is 0 Å². The number of hydrogen-bond acceptors (Lipinski definition) is 5. The number of nitrogens with zero attached hydrogens (tertiary/aromatic N) is 4. The molecule has 33 heavy (non-hydrogen) atoms. The monoisotopic (exact) mass is 449 g/mol. The summed E-state index contributed by atoms with van der Waals surface area (Å²) in [4.78, 5) is 19.8. The number of nitrogens with one attached hydrogen (secondary N) is 1. The van der Waals surface area contributed by atoms with Crippen LogP contribution in [0.5, 0.6) is 0 Å². The van der Waals surface area contributed by atoms with Crippen LogP contribution in [0.1, 0.15) is 30.3 Å². The molecule has 1 aromatic carbocycles. The molecule has 1 unspecified atom stereocenters. The van der Waals surface area contributed by atoms with E-state index in [0.29, 0.717) is 12.5 Å². The van der Waals surface area contributed by atoms with Gasteiger partial charge in [0.2, 0.25) is 6.41 Å². The summed E-state index contributed by atoms with van der Waals surface area (Å²) in [6, 6.07) is 14.4. The molecule has 0 saturated carbocycles. The molecule has 1 fully saturated rings. The standard InChI is InChI=1S/C17H21N3O2.C9H14N2/c1-22-11-5-7-15-16-8-2-3-10-20(16)17(18-15)14-6-4-9-19(12-14)13-21;1-10-8-4-6-9(7-5-8)11(2)3/h2-3,5,7-8,10,13-14H,4,6,9,11-12H2,1H3;4-7,10H,1-3H3/b7-5+;. The summed E-state index contributed by atoms with van der Waals surface area (Å²) in [7, 11) is 7.67. The van der Waals surface area contributed by atoms with Crippen LogP contribution in [0.15, 0.2) is 54.7 Å². The van der Waals surface area contributed by atoms with Crippen molar-refractivity contribution < 1.29 is 9.53 Å². The van der Waals surface area contributed by atoms with Crippen LogP contribution in [0.4, 0.5) is 11.4 Å². The lowest BCUT2D eigenvalue weighted by atomic mass is 9.98. The van der Waals surface area contributed by atoms with Crippen molar-refractivity contribution in [3.63, 3.8) is 0 Å². The Morgan fingerprint density at radius 2 is 2.00 bits per heavy atom. The van der Waals surface area contributed by atoms with Crippen LogP contribution < -0.4 is 10.2 Å². The number of fused-ring (bicyclic) bond motifs is 1. The lowest BCUT2D eigenvalue weighted by molar-refractivity contribution is -0.119.